The van der Waals surface area contributed by atoms with E-state index in [1.165, 1.54) is 16.7 Å². The molecule has 0 fully saturated rings. The highest BCUT2D eigenvalue weighted by Crippen LogP contribution is 2.34. The average molecular weight is 363 g/mol. The van der Waals surface area contributed by atoms with Crippen LogP contribution in [0.25, 0.3) is 0 Å². The topological polar surface area (TPSA) is 23.5 Å². The molecule has 0 saturated carbocycles. The summed E-state index contributed by atoms with van der Waals surface area (Å²) in [6.07, 6.45) is 4.54. The van der Waals surface area contributed by atoms with E-state index in [4.69, 9.17) is 0 Å². The van der Waals surface area contributed by atoms with E-state index in [1.807, 2.05) is 38.4 Å². The fourth-order valence-electron chi connectivity index (χ4n) is 3.20. The number of rotatable bonds is 3. The second-order valence-corrected chi connectivity index (χ2v) is 8.73. The van der Waals surface area contributed by atoms with Crippen LogP contribution in [0.5, 0.6) is 0 Å². The summed E-state index contributed by atoms with van der Waals surface area (Å²) in [5.74, 6) is 1.02. The van der Waals surface area contributed by atoms with Crippen LogP contribution in [0, 0.1) is 5.82 Å². The average Bonchev–Trinajstić information content (AvgIpc) is 2.68. The number of hydrogen-bond donors (Lipinski definition) is 1. The first kappa shape index (κ1) is 20.0. The molecule has 2 unspecified atom stereocenters. The Labute approximate surface area is 154 Å². The van der Waals surface area contributed by atoms with Crippen molar-refractivity contribution in [2.24, 2.45) is 0 Å². The lowest BCUT2D eigenvalue weighted by Gasteiger charge is -2.16. The van der Waals surface area contributed by atoms with Gasteiger partial charge < -0.3 is 4.90 Å². The molecule has 1 aliphatic rings. The number of nitrogens with zero attached hydrogens (tertiary/aromatic N) is 1. The predicted molar refractivity (Wildman–Crippen MR) is 107 cm³/mol. The van der Waals surface area contributed by atoms with Crippen molar-refractivity contribution >= 4 is 11.2 Å². The predicted octanol–water partition coefficient (Wildman–Crippen LogP) is 4.35. The number of benzene rings is 2. The van der Waals surface area contributed by atoms with Gasteiger partial charge in [0.1, 0.15) is 29.0 Å². The quantitative estimate of drug-likeness (QED) is 0.821. The third kappa shape index (κ3) is 6.14. The van der Waals surface area contributed by atoms with Gasteiger partial charge in [0.05, 0.1) is 0 Å². The smallest absolute Gasteiger partial charge is 0.141 e. The molecule has 4 heteroatoms. The van der Waals surface area contributed by atoms with Gasteiger partial charge in [-0.15, -0.1) is 0 Å². The summed E-state index contributed by atoms with van der Waals surface area (Å²) in [5.41, 5.74) is 5.04. The molecule has 0 amide bonds. The van der Waals surface area contributed by atoms with Gasteiger partial charge in [0.15, 0.2) is 0 Å². The van der Waals surface area contributed by atoms with Crippen LogP contribution in [0.15, 0.2) is 42.5 Å². The Balaban J connectivity index is 0.000000511. The molecule has 136 valence electrons. The highest BCUT2D eigenvalue weighted by atomic mass is 32.2. The van der Waals surface area contributed by atoms with E-state index in [0.29, 0.717) is 5.92 Å². The maximum atomic E-state index is 13.6. The third-order valence-electron chi connectivity index (χ3n) is 4.27. The van der Waals surface area contributed by atoms with Crippen molar-refractivity contribution in [2.45, 2.75) is 25.2 Å². The summed E-state index contributed by atoms with van der Waals surface area (Å²) in [6.45, 7) is 0. The van der Waals surface area contributed by atoms with E-state index in [2.05, 4.69) is 24.3 Å². The molecule has 0 radical (unpaired) electrons. The summed E-state index contributed by atoms with van der Waals surface area (Å²) in [5, 5.41) is 0. The summed E-state index contributed by atoms with van der Waals surface area (Å²) in [4.78, 5) is 2.00. The van der Waals surface area contributed by atoms with E-state index in [1.54, 1.807) is 12.1 Å². The lowest BCUT2D eigenvalue weighted by molar-refractivity contribution is 0.505. The Kier molecular flexibility index (Phi) is 7.48. The lowest BCUT2D eigenvalue weighted by Crippen LogP contribution is -2.11. The zero-order chi connectivity index (χ0) is 18.4. The minimum Gasteiger partial charge on any atom is -0.312 e. The highest BCUT2D eigenvalue weighted by Gasteiger charge is 2.24. The van der Waals surface area contributed by atoms with E-state index < -0.39 is 11.2 Å². The van der Waals surface area contributed by atoms with Crippen molar-refractivity contribution in [1.29, 1.82) is 0 Å². The van der Waals surface area contributed by atoms with Crippen molar-refractivity contribution in [1.82, 2.24) is 4.90 Å². The molecule has 0 aliphatic heterocycles. The van der Waals surface area contributed by atoms with Crippen LogP contribution in [0.1, 0.15) is 34.6 Å². The van der Waals surface area contributed by atoms with Crippen LogP contribution < -0.4 is 0 Å². The van der Waals surface area contributed by atoms with Crippen LogP contribution in [-0.4, -0.2) is 42.6 Å². The first-order valence-electron chi connectivity index (χ1n) is 8.64. The second-order valence-electron chi connectivity index (χ2n) is 7.12. The van der Waals surface area contributed by atoms with Crippen molar-refractivity contribution < 1.29 is 8.94 Å². The van der Waals surface area contributed by atoms with Gasteiger partial charge in [-0.3, -0.25) is 0 Å². The second kappa shape index (κ2) is 9.37. The molecule has 0 bridgehead atoms. The van der Waals surface area contributed by atoms with Gasteiger partial charge in [0.25, 0.3) is 0 Å². The number of hydrogen-bond acceptors (Lipinski definition) is 2. The SMILES string of the molecule is CN(C)C.C[S+](O)CCC1Cc2cc(F)ccc2Cc2ccccc21. The standard InChI is InChI=1S/C18H20FOS.C3H9N/c1-21(20)9-8-15-11-16-12-17(19)7-6-13(16)10-14-4-2-3-5-18(14)15;1-4(2)3/h2-7,12,15,20H,8-11H2,1H3;1-3H3/q+1;. The molecule has 0 aromatic heterocycles. The molecule has 2 atom stereocenters. The third-order valence-corrected chi connectivity index (χ3v) is 5.10. The largest absolute Gasteiger partial charge is 0.312 e. The monoisotopic (exact) mass is 362 g/mol. The highest BCUT2D eigenvalue weighted by molar-refractivity contribution is 7.90. The molecule has 1 N–H and O–H groups in total. The molecule has 2 aromatic carbocycles. The molecular formula is C21H29FNOS+. The zero-order valence-corrected chi connectivity index (χ0v) is 16.4. The van der Waals surface area contributed by atoms with Crippen LogP contribution in [0.2, 0.25) is 0 Å². The summed E-state index contributed by atoms with van der Waals surface area (Å²) >= 11 is -0.536. The van der Waals surface area contributed by atoms with Crippen molar-refractivity contribution in [3.8, 4) is 0 Å². The van der Waals surface area contributed by atoms with E-state index in [0.717, 1.165) is 30.6 Å². The minimum atomic E-state index is -0.536. The molecule has 0 spiro atoms. The number of halogens is 1. The molecule has 25 heavy (non-hydrogen) atoms. The van der Waals surface area contributed by atoms with Gasteiger partial charge in [-0.2, -0.15) is 4.55 Å². The fourth-order valence-corrected chi connectivity index (χ4v) is 3.83. The Morgan fingerprint density at radius 3 is 2.44 bits per heavy atom. The van der Waals surface area contributed by atoms with Gasteiger partial charge >= 0.3 is 0 Å². The van der Waals surface area contributed by atoms with Crippen molar-refractivity contribution in [3.63, 3.8) is 0 Å². The minimum absolute atomic E-state index is 0.157. The normalized spacial score (nSPS) is 17.0. The summed E-state index contributed by atoms with van der Waals surface area (Å²) in [6, 6.07) is 13.7. The Morgan fingerprint density at radius 2 is 1.76 bits per heavy atom. The molecular weight excluding hydrogens is 333 g/mol. The van der Waals surface area contributed by atoms with Gasteiger partial charge in [-0.25, -0.2) is 4.39 Å². The van der Waals surface area contributed by atoms with E-state index in [9.17, 15) is 8.94 Å². The van der Waals surface area contributed by atoms with E-state index >= 15 is 0 Å². The van der Waals surface area contributed by atoms with Gasteiger partial charge in [-0.1, -0.05) is 30.3 Å². The molecule has 1 aliphatic carbocycles. The lowest BCUT2D eigenvalue weighted by atomic mass is 9.89. The van der Waals surface area contributed by atoms with Gasteiger partial charge in [0, 0.05) is 6.42 Å². The summed E-state index contributed by atoms with van der Waals surface area (Å²) < 4.78 is 23.2. The first-order valence-corrected chi connectivity index (χ1v) is 10.4. The Morgan fingerprint density at radius 1 is 1.08 bits per heavy atom. The van der Waals surface area contributed by atoms with Gasteiger partial charge in [0.2, 0.25) is 0 Å². The molecule has 0 saturated heterocycles. The van der Waals surface area contributed by atoms with E-state index in [-0.39, 0.29) is 5.82 Å². The maximum Gasteiger partial charge on any atom is 0.141 e. The zero-order valence-electron chi connectivity index (χ0n) is 15.6. The Hall–Kier alpha value is -1.36. The maximum absolute atomic E-state index is 13.6. The molecule has 0 heterocycles. The number of fused-ring (bicyclic) bond motifs is 2. The van der Waals surface area contributed by atoms with Crippen LogP contribution >= 0.6 is 0 Å². The van der Waals surface area contributed by atoms with Crippen molar-refractivity contribution in [2.75, 3.05) is 33.2 Å². The van der Waals surface area contributed by atoms with Crippen LogP contribution in [0.4, 0.5) is 4.39 Å². The van der Waals surface area contributed by atoms with Gasteiger partial charge in [-0.05, 0) is 74.3 Å². The van der Waals surface area contributed by atoms with Crippen LogP contribution in [0.3, 0.4) is 0 Å². The molecule has 2 aromatic rings. The molecule has 2 nitrogen and oxygen atoms in total. The van der Waals surface area contributed by atoms with Crippen molar-refractivity contribution in [3.05, 3.63) is 70.5 Å². The Bertz CT molecular complexity index is 685. The molecule has 3 rings (SSSR count). The fraction of sp³-hybridized carbons (Fsp3) is 0.429. The first-order chi connectivity index (χ1) is 11.9. The summed E-state index contributed by atoms with van der Waals surface area (Å²) in [7, 11) is 6.00. The van der Waals surface area contributed by atoms with Crippen LogP contribution in [-0.2, 0) is 24.0 Å².